The summed E-state index contributed by atoms with van der Waals surface area (Å²) < 4.78 is 10.3. The standard InChI is InChI=1S/C15H14O3.C4H4O4/c1-2-15(16)18-10-9-17-14-8-7-12-5-3-4-6-13(12)11-14;5-3(6)1-2-4(7)8/h2-8,11H,1,9-10H2;1-2H,(H,5,6)(H,7,8)/b;2-1-. The minimum absolute atomic E-state index is 0.220. The third kappa shape index (κ3) is 8.30. The van der Waals surface area contributed by atoms with Crippen LogP contribution in [0.1, 0.15) is 0 Å². The molecule has 0 saturated heterocycles. The Morgan fingerprint density at radius 2 is 1.54 bits per heavy atom. The average Bonchev–Trinajstić information content (AvgIpc) is 2.63. The number of hydrogen-bond acceptors (Lipinski definition) is 5. The summed E-state index contributed by atoms with van der Waals surface area (Å²) in [6, 6.07) is 13.9. The summed E-state index contributed by atoms with van der Waals surface area (Å²) in [5.74, 6) is -2.18. The molecule has 7 nitrogen and oxygen atoms in total. The van der Waals surface area contributed by atoms with Crippen molar-refractivity contribution in [2.75, 3.05) is 13.2 Å². The first-order valence-electron chi connectivity index (χ1n) is 7.47. The fraction of sp³-hybridized carbons (Fsp3) is 0.105. The SMILES string of the molecule is C=CC(=O)OCCOc1ccc2ccccc2c1.O=C(O)/C=C\C(=O)O. The second-order valence-electron chi connectivity index (χ2n) is 4.74. The minimum atomic E-state index is -1.26. The maximum absolute atomic E-state index is 10.8. The zero-order chi connectivity index (χ0) is 19.4. The molecule has 2 N–H and O–H groups in total. The number of carboxylic acids is 2. The molecule has 136 valence electrons. The van der Waals surface area contributed by atoms with Crippen LogP contribution >= 0.6 is 0 Å². The van der Waals surface area contributed by atoms with E-state index in [1.165, 1.54) is 5.39 Å². The third-order valence-corrected chi connectivity index (χ3v) is 2.85. The largest absolute Gasteiger partial charge is 0.490 e. The van der Waals surface area contributed by atoms with Crippen LogP contribution in [0.15, 0.2) is 67.3 Å². The molecular weight excluding hydrogens is 340 g/mol. The van der Waals surface area contributed by atoms with Gasteiger partial charge in [0, 0.05) is 18.2 Å². The maximum atomic E-state index is 10.8. The maximum Gasteiger partial charge on any atom is 0.330 e. The second-order valence-corrected chi connectivity index (χ2v) is 4.74. The molecule has 0 atom stereocenters. The van der Waals surface area contributed by atoms with Gasteiger partial charge in [-0.3, -0.25) is 0 Å². The van der Waals surface area contributed by atoms with Gasteiger partial charge in [0.05, 0.1) is 0 Å². The Hall–Kier alpha value is -3.61. The van der Waals surface area contributed by atoms with Crippen molar-refractivity contribution in [1.29, 1.82) is 0 Å². The van der Waals surface area contributed by atoms with Gasteiger partial charge in [-0.1, -0.05) is 36.9 Å². The van der Waals surface area contributed by atoms with Gasteiger partial charge in [0.15, 0.2) is 0 Å². The lowest BCUT2D eigenvalue weighted by Gasteiger charge is -2.07. The normalized spacial score (nSPS) is 9.85. The van der Waals surface area contributed by atoms with E-state index >= 15 is 0 Å². The van der Waals surface area contributed by atoms with Gasteiger partial charge < -0.3 is 19.7 Å². The molecule has 0 aliphatic carbocycles. The molecule has 0 bridgehead atoms. The molecule has 2 rings (SSSR count). The number of carbonyl (C=O) groups is 3. The summed E-state index contributed by atoms with van der Waals surface area (Å²) in [5, 5.41) is 17.9. The summed E-state index contributed by atoms with van der Waals surface area (Å²) >= 11 is 0. The molecule has 0 saturated carbocycles. The van der Waals surface area contributed by atoms with Crippen molar-refractivity contribution < 1.29 is 34.1 Å². The number of aliphatic carboxylic acids is 2. The quantitative estimate of drug-likeness (QED) is 0.445. The van der Waals surface area contributed by atoms with Crippen LogP contribution in [0.25, 0.3) is 10.8 Å². The summed E-state index contributed by atoms with van der Waals surface area (Å²) in [7, 11) is 0. The van der Waals surface area contributed by atoms with Gasteiger partial charge in [0.25, 0.3) is 0 Å². The Morgan fingerprint density at radius 1 is 0.923 bits per heavy atom. The number of rotatable bonds is 7. The van der Waals surface area contributed by atoms with Crippen molar-refractivity contribution in [1.82, 2.24) is 0 Å². The van der Waals surface area contributed by atoms with Crippen LogP contribution in [0, 0.1) is 0 Å². The molecule has 0 radical (unpaired) electrons. The van der Waals surface area contributed by atoms with E-state index in [0.29, 0.717) is 18.8 Å². The fourth-order valence-electron chi connectivity index (χ4n) is 1.76. The van der Waals surface area contributed by atoms with Crippen molar-refractivity contribution >= 4 is 28.7 Å². The van der Waals surface area contributed by atoms with Crippen LogP contribution < -0.4 is 4.74 Å². The number of benzene rings is 2. The van der Waals surface area contributed by atoms with Gasteiger partial charge in [-0.05, 0) is 22.9 Å². The van der Waals surface area contributed by atoms with Crippen molar-refractivity contribution in [3.8, 4) is 5.75 Å². The smallest absolute Gasteiger partial charge is 0.330 e. The predicted octanol–water partition coefficient (Wildman–Crippen LogP) is 2.66. The van der Waals surface area contributed by atoms with Crippen molar-refractivity contribution in [2.45, 2.75) is 0 Å². The number of hydrogen-bond donors (Lipinski definition) is 2. The Labute approximate surface area is 149 Å². The first-order chi connectivity index (χ1) is 12.4. The Balaban J connectivity index is 0.000000359. The van der Waals surface area contributed by atoms with Crippen LogP contribution in [-0.4, -0.2) is 41.3 Å². The van der Waals surface area contributed by atoms with Gasteiger partial charge in [0.2, 0.25) is 0 Å². The number of carboxylic acid groups (broad SMARTS) is 2. The van der Waals surface area contributed by atoms with Gasteiger partial charge in [-0.15, -0.1) is 0 Å². The predicted molar refractivity (Wildman–Crippen MR) is 95.0 cm³/mol. The summed E-state index contributed by atoms with van der Waals surface area (Å²) in [6.45, 7) is 3.87. The monoisotopic (exact) mass is 358 g/mol. The Morgan fingerprint density at radius 3 is 2.12 bits per heavy atom. The third-order valence-electron chi connectivity index (χ3n) is 2.85. The summed E-state index contributed by atoms with van der Waals surface area (Å²) in [4.78, 5) is 29.9. The molecule has 7 heteroatoms. The number of carbonyl (C=O) groups excluding carboxylic acids is 1. The van der Waals surface area contributed by atoms with Crippen LogP contribution in [-0.2, 0) is 19.1 Å². The highest BCUT2D eigenvalue weighted by atomic mass is 16.6. The van der Waals surface area contributed by atoms with E-state index in [1.807, 2.05) is 42.5 Å². The summed E-state index contributed by atoms with van der Waals surface area (Å²) in [6.07, 6.45) is 2.25. The topological polar surface area (TPSA) is 110 Å². The lowest BCUT2D eigenvalue weighted by molar-refractivity contribution is -0.138. The second kappa shape index (κ2) is 11.0. The molecule has 0 aromatic heterocycles. The highest BCUT2D eigenvalue weighted by molar-refractivity contribution is 5.89. The Kier molecular flexibility index (Phi) is 8.67. The zero-order valence-electron chi connectivity index (χ0n) is 13.8. The van der Waals surface area contributed by atoms with Crippen molar-refractivity contribution in [2.24, 2.45) is 0 Å². The molecule has 2 aromatic rings. The minimum Gasteiger partial charge on any atom is -0.490 e. The Bertz CT molecular complexity index is 792. The van der Waals surface area contributed by atoms with Crippen molar-refractivity contribution in [3.63, 3.8) is 0 Å². The number of esters is 1. The summed E-state index contributed by atoms with van der Waals surface area (Å²) in [5.41, 5.74) is 0. The molecule has 0 unspecified atom stereocenters. The molecule has 0 aliphatic rings. The molecule has 2 aromatic carbocycles. The molecule has 0 heterocycles. The fourth-order valence-corrected chi connectivity index (χ4v) is 1.76. The van der Waals surface area contributed by atoms with Crippen LogP contribution in [0.2, 0.25) is 0 Å². The lowest BCUT2D eigenvalue weighted by atomic mass is 10.1. The van der Waals surface area contributed by atoms with Gasteiger partial charge in [-0.2, -0.15) is 0 Å². The van der Waals surface area contributed by atoms with E-state index < -0.39 is 17.9 Å². The first kappa shape index (κ1) is 20.4. The number of ether oxygens (including phenoxy) is 2. The zero-order valence-corrected chi connectivity index (χ0v) is 13.8. The molecular formula is C19H18O7. The van der Waals surface area contributed by atoms with E-state index in [2.05, 4.69) is 6.58 Å². The van der Waals surface area contributed by atoms with E-state index in [0.717, 1.165) is 17.2 Å². The average molecular weight is 358 g/mol. The van der Waals surface area contributed by atoms with E-state index in [-0.39, 0.29) is 6.61 Å². The molecule has 0 spiro atoms. The highest BCUT2D eigenvalue weighted by Crippen LogP contribution is 2.20. The van der Waals surface area contributed by atoms with Crippen LogP contribution in [0.4, 0.5) is 0 Å². The van der Waals surface area contributed by atoms with Crippen LogP contribution in [0.5, 0.6) is 5.75 Å². The van der Waals surface area contributed by atoms with E-state index in [4.69, 9.17) is 19.7 Å². The lowest BCUT2D eigenvalue weighted by Crippen LogP contribution is -2.10. The molecule has 0 fully saturated rings. The van der Waals surface area contributed by atoms with E-state index in [9.17, 15) is 14.4 Å². The molecule has 0 amide bonds. The highest BCUT2D eigenvalue weighted by Gasteiger charge is 1.98. The van der Waals surface area contributed by atoms with Gasteiger partial charge in [0.1, 0.15) is 19.0 Å². The van der Waals surface area contributed by atoms with Crippen molar-refractivity contribution in [3.05, 3.63) is 67.3 Å². The number of fused-ring (bicyclic) bond motifs is 1. The van der Waals surface area contributed by atoms with Gasteiger partial charge in [-0.25, -0.2) is 14.4 Å². The molecule has 26 heavy (non-hydrogen) atoms. The molecule has 0 aliphatic heterocycles. The van der Waals surface area contributed by atoms with Crippen LogP contribution in [0.3, 0.4) is 0 Å². The first-order valence-corrected chi connectivity index (χ1v) is 7.47. The van der Waals surface area contributed by atoms with E-state index in [1.54, 1.807) is 0 Å². The van der Waals surface area contributed by atoms with Gasteiger partial charge >= 0.3 is 17.9 Å².